The van der Waals surface area contributed by atoms with Crippen LogP contribution < -0.4 is 9.64 Å². The molecule has 0 N–H and O–H groups in total. The molecule has 5 nitrogen and oxygen atoms in total. The van der Waals surface area contributed by atoms with Gasteiger partial charge in [-0.05, 0) is 42.8 Å². The number of nitrogens with zero attached hydrogens (tertiary/aromatic N) is 3. The van der Waals surface area contributed by atoms with Crippen molar-refractivity contribution in [2.75, 3.05) is 51.8 Å². The number of piperazine rings is 1. The van der Waals surface area contributed by atoms with Crippen LogP contribution in [0.4, 0.5) is 5.69 Å². The first-order valence-corrected chi connectivity index (χ1v) is 9.57. The highest BCUT2D eigenvalue weighted by molar-refractivity contribution is 5.95. The van der Waals surface area contributed by atoms with Gasteiger partial charge in [-0.25, -0.2) is 0 Å². The fraction of sp³-hybridized carbons (Fsp3) is 0.409. The van der Waals surface area contributed by atoms with Crippen LogP contribution in [0.3, 0.4) is 0 Å². The second kappa shape index (κ2) is 8.91. The zero-order chi connectivity index (χ0) is 19.2. The number of amides is 1. The van der Waals surface area contributed by atoms with Crippen LogP contribution in [0.1, 0.15) is 22.8 Å². The van der Waals surface area contributed by atoms with Crippen molar-refractivity contribution in [1.29, 1.82) is 0 Å². The Balaban J connectivity index is 1.53. The van der Waals surface area contributed by atoms with Gasteiger partial charge in [-0.15, -0.1) is 0 Å². The van der Waals surface area contributed by atoms with E-state index in [4.69, 9.17) is 4.74 Å². The average molecular weight is 367 g/mol. The normalized spacial score (nSPS) is 14.9. The smallest absolute Gasteiger partial charge is 0.254 e. The van der Waals surface area contributed by atoms with Crippen LogP contribution in [0.25, 0.3) is 0 Å². The minimum Gasteiger partial charge on any atom is -0.494 e. The summed E-state index contributed by atoms with van der Waals surface area (Å²) in [6, 6.07) is 16.1. The first kappa shape index (κ1) is 19.2. The van der Waals surface area contributed by atoms with Gasteiger partial charge >= 0.3 is 0 Å². The first-order valence-electron chi connectivity index (χ1n) is 9.57. The van der Waals surface area contributed by atoms with E-state index in [2.05, 4.69) is 17.0 Å². The summed E-state index contributed by atoms with van der Waals surface area (Å²) in [4.78, 5) is 19.2. The van der Waals surface area contributed by atoms with Crippen molar-refractivity contribution in [2.45, 2.75) is 13.5 Å². The molecule has 3 rings (SSSR count). The molecule has 1 heterocycles. The number of carbonyl (C=O) groups is 1. The van der Waals surface area contributed by atoms with Crippen LogP contribution in [0.15, 0.2) is 48.5 Å². The second-order valence-corrected chi connectivity index (χ2v) is 7.09. The van der Waals surface area contributed by atoms with E-state index >= 15 is 0 Å². The van der Waals surface area contributed by atoms with E-state index in [1.807, 2.05) is 67.2 Å². The molecule has 1 saturated heterocycles. The molecule has 0 aromatic heterocycles. The van der Waals surface area contributed by atoms with Crippen molar-refractivity contribution in [3.05, 3.63) is 59.7 Å². The molecule has 5 heteroatoms. The molecule has 1 aliphatic heterocycles. The van der Waals surface area contributed by atoms with E-state index in [0.717, 1.165) is 49.7 Å². The van der Waals surface area contributed by atoms with Gasteiger partial charge in [0.15, 0.2) is 0 Å². The second-order valence-electron chi connectivity index (χ2n) is 7.09. The predicted molar refractivity (Wildman–Crippen MR) is 110 cm³/mol. The Labute approximate surface area is 162 Å². The summed E-state index contributed by atoms with van der Waals surface area (Å²) >= 11 is 0. The van der Waals surface area contributed by atoms with Gasteiger partial charge < -0.3 is 14.5 Å². The number of carbonyl (C=O) groups excluding carboxylic acids is 1. The molecule has 1 aliphatic rings. The zero-order valence-electron chi connectivity index (χ0n) is 16.5. The fourth-order valence-electron chi connectivity index (χ4n) is 3.32. The number of rotatable bonds is 6. The number of hydrogen-bond acceptors (Lipinski definition) is 4. The summed E-state index contributed by atoms with van der Waals surface area (Å²) in [6.45, 7) is 6.91. The molecule has 1 fully saturated rings. The highest BCUT2D eigenvalue weighted by Gasteiger charge is 2.22. The van der Waals surface area contributed by atoms with Crippen molar-refractivity contribution >= 4 is 11.6 Å². The van der Waals surface area contributed by atoms with Gasteiger partial charge in [0, 0.05) is 58.1 Å². The van der Waals surface area contributed by atoms with Crippen molar-refractivity contribution in [3.63, 3.8) is 0 Å². The topological polar surface area (TPSA) is 36.0 Å². The quantitative estimate of drug-likeness (QED) is 0.786. The minimum atomic E-state index is 0.124. The Bertz CT molecular complexity index is 750. The van der Waals surface area contributed by atoms with Crippen molar-refractivity contribution < 1.29 is 9.53 Å². The zero-order valence-corrected chi connectivity index (χ0v) is 16.5. The van der Waals surface area contributed by atoms with Crippen LogP contribution >= 0.6 is 0 Å². The SMILES string of the molecule is CCOc1ccc(CN2CCN(C(=O)c3cccc(N(C)C)c3)CC2)cc1. The lowest BCUT2D eigenvalue weighted by Gasteiger charge is -2.35. The lowest BCUT2D eigenvalue weighted by Crippen LogP contribution is -2.48. The van der Waals surface area contributed by atoms with E-state index in [0.29, 0.717) is 6.61 Å². The van der Waals surface area contributed by atoms with Crippen LogP contribution in [0, 0.1) is 0 Å². The molecular formula is C22H29N3O2. The maximum atomic E-state index is 12.8. The lowest BCUT2D eigenvalue weighted by molar-refractivity contribution is 0.0628. The van der Waals surface area contributed by atoms with Gasteiger partial charge in [-0.3, -0.25) is 9.69 Å². The van der Waals surface area contributed by atoms with Gasteiger partial charge in [-0.2, -0.15) is 0 Å². The molecule has 0 spiro atoms. The van der Waals surface area contributed by atoms with Crippen molar-refractivity contribution in [1.82, 2.24) is 9.80 Å². The summed E-state index contributed by atoms with van der Waals surface area (Å²) < 4.78 is 5.50. The summed E-state index contributed by atoms with van der Waals surface area (Å²) in [5, 5.41) is 0. The molecule has 2 aromatic carbocycles. The predicted octanol–water partition coefficient (Wildman–Crippen LogP) is 3.11. The van der Waals surface area contributed by atoms with Crippen LogP contribution in [-0.2, 0) is 6.54 Å². The Morgan fingerprint density at radius 3 is 2.37 bits per heavy atom. The number of benzene rings is 2. The largest absolute Gasteiger partial charge is 0.494 e. The summed E-state index contributed by atoms with van der Waals surface area (Å²) in [5.41, 5.74) is 3.09. The highest BCUT2D eigenvalue weighted by atomic mass is 16.5. The summed E-state index contributed by atoms with van der Waals surface area (Å²) in [6.07, 6.45) is 0. The van der Waals surface area contributed by atoms with Crippen molar-refractivity contribution in [3.8, 4) is 5.75 Å². The Morgan fingerprint density at radius 1 is 1.04 bits per heavy atom. The molecule has 0 aliphatic carbocycles. The van der Waals surface area contributed by atoms with Gasteiger partial charge in [0.25, 0.3) is 5.91 Å². The maximum Gasteiger partial charge on any atom is 0.254 e. The molecule has 1 amide bonds. The van der Waals surface area contributed by atoms with Crippen molar-refractivity contribution in [2.24, 2.45) is 0 Å². The minimum absolute atomic E-state index is 0.124. The van der Waals surface area contributed by atoms with Crippen LogP contribution in [-0.4, -0.2) is 62.6 Å². The standard InChI is InChI=1S/C22H29N3O2/c1-4-27-21-10-8-18(9-11-21)17-24-12-14-25(15-13-24)22(26)19-6-5-7-20(16-19)23(2)3/h5-11,16H,4,12-15,17H2,1-3H3. The fourth-order valence-corrected chi connectivity index (χ4v) is 3.32. The van der Waals surface area contributed by atoms with E-state index in [-0.39, 0.29) is 5.91 Å². The van der Waals surface area contributed by atoms with E-state index in [9.17, 15) is 4.79 Å². The van der Waals surface area contributed by atoms with E-state index < -0.39 is 0 Å². The molecule has 27 heavy (non-hydrogen) atoms. The Morgan fingerprint density at radius 2 is 1.74 bits per heavy atom. The van der Waals surface area contributed by atoms with Crippen LogP contribution in [0.2, 0.25) is 0 Å². The third kappa shape index (κ3) is 5.01. The van der Waals surface area contributed by atoms with Gasteiger partial charge in [0.05, 0.1) is 6.61 Å². The Hall–Kier alpha value is -2.53. The third-order valence-corrected chi connectivity index (χ3v) is 4.91. The average Bonchev–Trinajstić information content (AvgIpc) is 2.70. The van der Waals surface area contributed by atoms with Crippen LogP contribution in [0.5, 0.6) is 5.75 Å². The van der Waals surface area contributed by atoms with Gasteiger partial charge in [0.2, 0.25) is 0 Å². The first-order chi connectivity index (χ1) is 13.1. The molecule has 0 bridgehead atoms. The van der Waals surface area contributed by atoms with Gasteiger partial charge in [0.1, 0.15) is 5.75 Å². The van der Waals surface area contributed by atoms with E-state index in [1.165, 1.54) is 5.56 Å². The number of hydrogen-bond donors (Lipinski definition) is 0. The summed E-state index contributed by atoms with van der Waals surface area (Å²) in [5.74, 6) is 1.04. The molecule has 0 saturated carbocycles. The monoisotopic (exact) mass is 367 g/mol. The third-order valence-electron chi connectivity index (χ3n) is 4.91. The lowest BCUT2D eigenvalue weighted by atomic mass is 10.1. The van der Waals surface area contributed by atoms with E-state index in [1.54, 1.807) is 0 Å². The van der Waals surface area contributed by atoms with Gasteiger partial charge in [-0.1, -0.05) is 18.2 Å². The molecule has 0 unspecified atom stereocenters. The molecule has 144 valence electrons. The summed E-state index contributed by atoms with van der Waals surface area (Å²) in [7, 11) is 3.98. The maximum absolute atomic E-state index is 12.8. The number of ether oxygens (including phenoxy) is 1. The number of anilines is 1. The molecule has 0 radical (unpaired) electrons. The molecular weight excluding hydrogens is 338 g/mol. The highest BCUT2D eigenvalue weighted by Crippen LogP contribution is 2.18. The molecule has 0 atom stereocenters. The Kier molecular flexibility index (Phi) is 6.35. The molecule has 2 aromatic rings.